The molecule has 0 fully saturated rings. The van der Waals surface area contributed by atoms with Gasteiger partial charge in [-0.15, -0.1) is 0 Å². The van der Waals surface area contributed by atoms with Crippen LogP contribution < -0.4 is 0 Å². The zero-order valence-corrected chi connectivity index (χ0v) is 15.0. The number of carbonyl (C=O) groups excluding carboxylic acids is 1. The SMILES string of the molecule is C/C(C=O)=C\CC/C(C)=C/CC/C(C)=C/CC(O)/C(C)=C/CO. The second-order valence-electron chi connectivity index (χ2n) is 6.13. The summed E-state index contributed by atoms with van der Waals surface area (Å²) in [6, 6.07) is 0. The van der Waals surface area contributed by atoms with E-state index in [1.54, 1.807) is 6.08 Å². The van der Waals surface area contributed by atoms with E-state index in [9.17, 15) is 9.90 Å². The molecule has 2 N–H and O–H groups in total. The molecule has 0 aromatic rings. The predicted octanol–water partition coefficient (Wildman–Crippen LogP) is 4.27. The van der Waals surface area contributed by atoms with Gasteiger partial charge in [-0.25, -0.2) is 0 Å². The number of allylic oxidation sites excluding steroid dienone is 5. The molecular weight excluding hydrogens is 288 g/mol. The van der Waals surface area contributed by atoms with E-state index >= 15 is 0 Å². The van der Waals surface area contributed by atoms with Crippen molar-refractivity contribution in [2.45, 2.75) is 65.9 Å². The quantitative estimate of drug-likeness (QED) is 0.339. The van der Waals surface area contributed by atoms with Gasteiger partial charge in [0.25, 0.3) is 0 Å². The van der Waals surface area contributed by atoms with Crippen molar-refractivity contribution >= 4 is 6.29 Å². The number of hydrogen-bond acceptors (Lipinski definition) is 3. The summed E-state index contributed by atoms with van der Waals surface area (Å²) < 4.78 is 0. The lowest BCUT2D eigenvalue weighted by Crippen LogP contribution is -2.07. The molecule has 0 aromatic carbocycles. The molecule has 0 aromatic heterocycles. The highest BCUT2D eigenvalue weighted by Crippen LogP contribution is 2.13. The summed E-state index contributed by atoms with van der Waals surface area (Å²) in [6.45, 7) is 7.83. The highest BCUT2D eigenvalue weighted by Gasteiger charge is 2.03. The molecule has 3 nitrogen and oxygen atoms in total. The highest BCUT2D eigenvalue weighted by atomic mass is 16.3. The number of hydrogen-bond donors (Lipinski definition) is 2. The Kier molecular flexibility index (Phi) is 12.2. The summed E-state index contributed by atoms with van der Waals surface area (Å²) in [6.07, 6.45) is 12.8. The van der Waals surface area contributed by atoms with Gasteiger partial charge in [-0.2, -0.15) is 0 Å². The maximum Gasteiger partial charge on any atom is 0.145 e. The molecule has 23 heavy (non-hydrogen) atoms. The van der Waals surface area contributed by atoms with E-state index in [1.807, 2.05) is 19.9 Å². The molecule has 0 aliphatic heterocycles. The number of aliphatic hydroxyl groups is 2. The molecule has 0 heterocycles. The minimum atomic E-state index is -0.512. The zero-order valence-electron chi connectivity index (χ0n) is 15.0. The van der Waals surface area contributed by atoms with Crippen LogP contribution >= 0.6 is 0 Å². The molecule has 0 radical (unpaired) electrons. The van der Waals surface area contributed by atoms with Crippen LogP contribution in [0.2, 0.25) is 0 Å². The van der Waals surface area contributed by atoms with Crippen molar-refractivity contribution in [3.8, 4) is 0 Å². The Hall–Kier alpha value is -1.45. The van der Waals surface area contributed by atoms with Gasteiger partial charge in [-0.3, -0.25) is 4.79 Å². The first-order chi connectivity index (χ1) is 10.9. The number of rotatable bonds is 11. The Balaban J connectivity index is 4.15. The number of carbonyl (C=O) groups is 1. The molecule has 0 rings (SSSR count). The molecule has 0 saturated carbocycles. The smallest absolute Gasteiger partial charge is 0.145 e. The van der Waals surface area contributed by atoms with Crippen LogP contribution in [0, 0.1) is 0 Å². The van der Waals surface area contributed by atoms with Crippen LogP contribution in [0.5, 0.6) is 0 Å². The van der Waals surface area contributed by atoms with Crippen LogP contribution in [-0.2, 0) is 4.79 Å². The average Bonchev–Trinajstić information content (AvgIpc) is 2.52. The molecule has 3 heteroatoms. The Bertz CT molecular complexity index is 467. The molecule has 130 valence electrons. The highest BCUT2D eigenvalue weighted by molar-refractivity contribution is 5.71. The third-order valence-electron chi connectivity index (χ3n) is 3.85. The standard InChI is InChI=1S/C20H32O3/c1-16(8-6-10-18(3)15-22)7-5-9-17(2)11-12-20(23)19(4)13-14-21/h7,10-11,13,15,20-21,23H,5-6,8-9,12,14H2,1-4H3/b16-7+,17-11+,18-10+,19-13+. The Labute approximate surface area is 141 Å². The van der Waals surface area contributed by atoms with E-state index in [0.29, 0.717) is 6.42 Å². The molecule has 0 spiro atoms. The topological polar surface area (TPSA) is 57.5 Å². The molecule has 0 aliphatic carbocycles. The third-order valence-corrected chi connectivity index (χ3v) is 3.85. The van der Waals surface area contributed by atoms with Crippen molar-refractivity contribution in [1.29, 1.82) is 0 Å². The summed E-state index contributed by atoms with van der Waals surface area (Å²) in [7, 11) is 0. The first kappa shape index (κ1) is 21.6. The van der Waals surface area contributed by atoms with E-state index in [1.165, 1.54) is 11.1 Å². The second-order valence-corrected chi connectivity index (χ2v) is 6.13. The summed E-state index contributed by atoms with van der Waals surface area (Å²) in [5.74, 6) is 0. The van der Waals surface area contributed by atoms with Gasteiger partial charge >= 0.3 is 0 Å². The van der Waals surface area contributed by atoms with Crippen molar-refractivity contribution in [3.05, 3.63) is 46.6 Å². The molecule has 0 bridgehead atoms. The van der Waals surface area contributed by atoms with Crippen LogP contribution in [0.4, 0.5) is 0 Å². The normalized spacial score (nSPS) is 15.7. The number of aldehydes is 1. The fourth-order valence-electron chi connectivity index (χ4n) is 2.10. The molecule has 0 amide bonds. The van der Waals surface area contributed by atoms with Crippen molar-refractivity contribution < 1.29 is 15.0 Å². The Morgan fingerprint density at radius 2 is 1.48 bits per heavy atom. The van der Waals surface area contributed by atoms with Gasteiger partial charge in [0, 0.05) is 0 Å². The largest absolute Gasteiger partial charge is 0.392 e. The molecular formula is C20H32O3. The maximum atomic E-state index is 10.5. The van der Waals surface area contributed by atoms with Crippen molar-refractivity contribution in [2.24, 2.45) is 0 Å². The van der Waals surface area contributed by atoms with Gasteiger partial charge in [0.05, 0.1) is 12.7 Å². The van der Waals surface area contributed by atoms with Crippen LogP contribution in [0.3, 0.4) is 0 Å². The van der Waals surface area contributed by atoms with Crippen LogP contribution in [0.25, 0.3) is 0 Å². The Morgan fingerprint density at radius 3 is 2.04 bits per heavy atom. The van der Waals surface area contributed by atoms with Gasteiger partial charge < -0.3 is 10.2 Å². The van der Waals surface area contributed by atoms with Crippen molar-refractivity contribution in [2.75, 3.05) is 6.61 Å². The fraction of sp³-hybridized carbons (Fsp3) is 0.550. The van der Waals surface area contributed by atoms with Crippen molar-refractivity contribution in [3.63, 3.8) is 0 Å². The molecule has 0 aliphatic rings. The van der Waals surface area contributed by atoms with E-state index in [-0.39, 0.29) is 6.61 Å². The third kappa shape index (κ3) is 11.7. The van der Waals surface area contributed by atoms with Crippen LogP contribution in [0.15, 0.2) is 46.6 Å². The van der Waals surface area contributed by atoms with E-state index in [4.69, 9.17) is 5.11 Å². The Morgan fingerprint density at radius 1 is 0.913 bits per heavy atom. The van der Waals surface area contributed by atoms with Gasteiger partial charge in [-0.05, 0) is 70.9 Å². The van der Waals surface area contributed by atoms with Crippen molar-refractivity contribution in [1.82, 2.24) is 0 Å². The summed E-state index contributed by atoms with van der Waals surface area (Å²) in [5, 5.41) is 18.7. The average molecular weight is 320 g/mol. The van der Waals surface area contributed by atoms with E-state index in [0.717, 1.165) is 43.1 Å². The lowest BCUT2D eigenvalue weighted by Gasteiger charge is -2.09. The molecule has 1 atom stereocenters. The maximum absolute atomic E-state index is 10.5. The summed E-state index contributed by atoms with van der Waals surface area (Å²) >= 11 is 0. The van der Waals surface area contributed by atoms with Crippen LogP contribution in [0.1, 0.15) is 59.8 Å². The number of aliphatic hydroxyl groups excluding tert-OH is 2. The van der Waals surface area contributed by atoms with Gasteiger partial charge in [0.15, 0.2) is 0 Å². The van der Waals surface area contributed by atoms with E-state index in [2.05, 4.69) is 26.0 Å². The van der Waals surface area contributed by atoms with Crippen LogP contribution in [-0.4, -0.2) is 29.2 Å². The van der Waals surface area contributed by atoms with Gasteiger partial charge in [0.1, 0.15) is 6.29 Å². The lowest BCUT2D eigenvalue weighted by atomic mass is 10.0. The van der Waals surface area contributed by atoms with Gasteiger partial charge in [0.2, 0.25) is 0 Å². The fourth-order valence-corrected chi connectivity index (χ4v) is 2.10. The minimum Gasteiger partial charge on any atom is -0.392 e. The predicted molar refractivity (Wildman–Crippen MR) is 97.3 cm³/mol. The zero-order chi connectivity index (χ0) is 17.7. The first-order valence-corrected chi connectivity index (χ1v) is 8.29. The summed E-state index contributed by atoms with van der Waals surface area (Å²) in [5.41, 5.74) is 4.21. The first-order valence-electron chi connectivity index (χ1n) is 8.29. The van der Waals surface area contributed by atoms with Gasteiger partial charge in [-0.1, -0.05) is 35.5 Å². The summed E-state index contributed by atoms with van der Waals surface area (Å²) in [4.78, 5) is 10.5. The molecule has 0 saturated heterocycles. The monoisotopic (exact) mass is 320 g/mol. The molecule has 1 unspecified atom stereocenters. The lowest BCUT2D eigenvalue weighted by molar-refractivity contribution is -0.104. The van der Waals surface area contributed by atoms with E-state index < -0.39 is 6.10 Å². The second kappa shape index (κ2) is 13.0. The minimum absolute atomic E-state index is 0.0305.